The van der Waals surface area contributed by atoms with Crippen molar-refractivity contribution in [3.63, 3.8) is 0 Å². The van der Waals surface area contributed by atoms with Gasteiger partial charge in [-0.3, -0.25) is 9.59 Å². The highest BCUT2D eigenvalue weighted by Gasteiger charge is 2.31. The van der Waals surface area contributed by atoms with E-state index < -0.39 is 0 Å². The highest BCUT2D eigenvalue weighted by atomic mass is 35.5. The zero-order valence-electron chi connectivity index (χ0n) is 16.9. The Kier molecular flexibility index (Phi) is 6.47. The maximum absolute atomic E-state index is 13.0. The number of halogens is 1. The van der Waals surface area contributed by atoms with Crippen molar-refractivity contribution in [2.75, 3.05) is 44.2 Å². The zero-order valence-corrected chi connectivity index (χ0v) is 17.7. The summed E-state index contributed by atoms with van der Waals surface area (Å²) in [7, 11) is 0. The van der Waals surface area contributed by atoms with Gasteiger partial charge in [-0.25, -0.2) is 9.97 Å². The highest BCUT2D eigenvalue weighted by Crippen LogP contribution is 2.23. The molecule has 0 spiro atoms. The number of carbonyl (C=O) groups is 2. The van der Waals surface area contributed by atoms with E-state index in [2.05, 4.69) is 14.9 Å². The Morgan fingerprint density at radius 1 is 0.900 bits per heavy atom. The number of carbonyl (C=O) groups excluding carboxylic acids is 2. The topological polar surface area (TPSA) is 69.6 Å². The molecule has 8 heteroatoms. The summed E-state index contributed by atoms with van der Waals surface area (Å²) in [5.41, 5.74) is 0.956. The van der Waals surface area contributed by atoms with Crippen LogP contribution in [0, 0.1) is 5.92 Å². The number of hydrogen-bond donors (Lipinski definition) is 0. The lowest BCUT2D eigenvalue weighted by atomic mass is 9.95. The Hall–Kier alpha value is -2.67. The molecule has 2 aliphatic rings. The van der Waals surface area contributed by atoms with E-state index in [0.717, 1.165) is 37.4 Å². The van der Waals surface area contributed by atoms with Crippen molar-refractivity contribution >= 4 is 29.4 Å². The van der Waals surface area contributed by atoms with Crippen LogP contribution in [0.15, 0.2) is 42.7 Å². The van der Waals surface area contributed by atoms with Crippen LogP contribution in [-0.2, 0) is 16.0 Å². The first kappa shape index (κ1) is 20.6. The minimum absolute atomic E-state index is 0.0429. The fourth-order valence-electron chi connectivity index (χ4n) is 4.10. The molecule has 0 aliphatic carbocycles. The number of rotatable bonds is 4. The molecule has 4 rings (SSSR count). The van der Waals surface area contributed by atoms with Gasteiger partial charge in [-0.15, -0.1) is 0 Å². The molecule has 1 aromatic carbocycles. The number of benzene rings is 1. The second-order valence-electron chi connectivity index (χ2n) is 7.82. The van der Waals surface area contributed by atoms with E-state index >= 15 is 0 Å². The van der Waals surface area contributed by atoms with Crippen LogP contribution in [-0.4, -0.2) is 70.9 Å². The normalized spacial score (nSPS) is 17.8. The Morgan fingerprint density at radius 3 is 2.13 bits per heavy atom. The van der Waals surface area contributed by atoms with Gasteiger partial charge in [-0.1, -0.05) is 23.7 Å². The molecule has 0 saturated carbocycles. The maximum Gasteiger partial charge on any atom is 0.227 e. The molecule has 0 radical (unpaired) electrons. The average molecular weight is 428 g/mol. The van der Waals surface area contributed by atoms with Crippen LogP contribution in [0.1, 0.15) is 18.4 Å². The van der Waals surface area contributed by atoms with Crippen LogP contribution in [0.5, 0.6) is 0 Å². The number of piperidine rings is 1. The molecule has 7 nitrogen and oxygen atoms in total. The van der Waals surface area contributed by atoms with E-state index in [4.69, 9.17) is 11.6 Å². The fourth-order valence-corrected chi connectivity index (χ4v) is 4.23. The summed E-state index contributed by atoms with van der Waals surface area (Å²) in [6, 6.07) is 9.17. The fraction of sp³-hybridized carbons (Fsp3) is 0.455. The van der Waals surface area contributed by atoms with E-state index in [-0.39, 0.29) is 17.7 Å². The molecule has 158 valence electrons. The number of anilines is 1. The monoisotopic (exact) mass is 427 g/mol. The number of aromatic nitrogens is 2. The third kappa shape index (κ3) is 4.90. The highest BCUT2D eigenvalue weighted by molar-refractivity contribution is 6.30. The minimum atomic E-state index is 0.0429. The molecule has 1 aromatic heterocycles. The van der Waals surface area contributed by atoms with Gasteiger partial charge in [0.25, 0.3) is 0 Å². The predicted octanol–water partition coefficient (Wildman–Crippen LogP) is 2.26. The Balaban J connectivity index is 1.23. The second kappa shape index (κ2) is 9.43. The van der Waals surface area contributed by atoms with Gasteiger partial charge in [0.15, 0.2) is 0 Å². The van der Waals surface area contributed by atoms with Crippen LogP contribution < -0.4 is 4.90 Å². The van der Waals surface area contributed by atoms with Crippen molar-refractivity contribution in [1.29, 1.82) is 0 Å². The molecular weight excluding hydrogens is 402 g/mol. The Morgan fingerprint density at radius 2 is 1.50 bits per heavy atom. The summed E-state index contributed by atoms with van der Waals surface area (Å²) in [4.78, 5) is 40.0. The van der Waals surface area contributed by atoms with Crippen LogP contribution in [0.4, 0.5) is 5.95 Å². The van der Waals surface area contributed by atoms with E-state index in [1.165, 1.54) is 0 Å². The first-order valence-electron chi connectivity index (χ1n) is 10.4. The van der Waals surface area contributed by atoms with E-state index in [9.17, 15) is 9.59 Å². The van der Waals surface area contributed by atoms with E-state index in [1.54, 1.807) is 30.6 Å². The van der Waals surface area contributed by atoms with Gasteiger partial charge in [0.2, 0.25) is 17.8 Å². The zero-order chi connectivity index (χ0) is 20.9. The van der Waals surface area contributed by atoms with Gasteiger partial charge in [0.1, 0.15) is 0 Å². The number of hydrogen-bond acceptors (Lipinski definition) is 5. The molecule has 2 saturated heterocycles. The SMILES string of the molecule is O=C(Cc1ccc(Cl)cc1)N1CCN(C(=O)C2CCN(c3ncccn3)CC2)CC1. The first-order valence-corrected chi connectivity index (χ1v) is 10.8. The Bertz CT molecular complexity index is 861. The molecule has 2 aromatic rings. The Labute approximate surface area is 181 Å². The van der Waals surface area contributed by atoms with Gasteiger partial charge in [0, 0.05) is 62.6 Å². The molecule has 30 heavy (non-hydrogen) atoms. The van der Waals surface area contributed by atoms with Crippen molar-refractivity contribution < 1.29 is 9.59 Å². The van der Waals surface area contributed by atoms with Gasteiger partial charge in [0.05, 0.1) is 6.42 Å². The summed E-state index contributed by atoms with van der Waals surface area (Å²) in [5, 5.41) is 0.667. The maximum atomic E-state index is 13.0. The summed E-state index contributed by atoms with van der Waals surface area (Å²) in [6.07, 6.45) is 5.48. The largest absolute Gasteiger partial charge is 0.341 e. The second-order valence-corrected chi connectivity index (χ2v) is 8.26. The predicted molar refractivity (Wildman–Crippen MR) is 115 cm³/mol. The van der Waals surface area contributed by atoms with Crippen molar-refractivity contribution in [1.82, 2.24) is 19.8 Å². The summed E-state index contributed by atoms with van der Waals surface area (Å²) in [5.74, 6) is 1.09. The summed E-state index contributed by atoms with van der Waals surface area (Å²) in [6.45, 7) is 3.98. The number of amides is 2. The number of piperazine rings is 1. The molecule has 0 N–H and O–H groups in total. The van der Waals surface area contributed by atoms with Crippen LogP contribution in [0.3, 0.4) is 0 Å². The lowest BCUT2D eigenvalue weighted by molar-refractivity contribution is -0.142. The van der Waals surface area contributed by atoms with Gasteiger partial charge < -0.3 is 14.7 Å². The summed E-state index contributed by atoms with van der Waals surface area (Å²) < 4.78 is 0. The van der Waals surface area contributed by atoms with E-state index in [0.29, 0.717) is 37.6 Å². The van der Waals surface area contributed by atoms with Crippen LogP contribution in [0.25, 0.3) is 0 Å². The lowest BCUT2D eigenvalue weighted by Gasteiger charge is -2.38. The van der Waals surface area contributed by atoms with Crippen molar-refractivity contribution in [2.24, 2.45) is 5.92 Å². The quantitative estimate of drug-likeness (QED) is 0.748. The van der Waals surface area contributed by atoms with Crippen molar-refractivity contribution in [3.05, 3.63) is 53.3 Å². The van der Waals surface area contributed by atoms with Crippen molar-refractivity contribution in [3.8, 4) is 0 Å². The third-order valence-corrected chi connectivity index (χ3v) is 6.14. The minimum Gasteiger partial charge on any atom is -0.341 e. The molecule has 2 amide bonds. The van der Waals surface area contributed by atoms with Gasteiger partial charge >= 0.3 is 0 Å². The molecule has 0 bridgehead atoms. The molecule has 3 heterocycles. The van der Waals surface area contributed by atoms with Gasteiger partial charge in [-0.2, -0.15) is 0 Å². The molecule has 0 atom stereocenters. The van der Waals surface area contributed by atoms with Crippen LogP contribution >= 0.6 is 11.6 Å². The average Bonchev–Trinajstić information content (AvgIpc) is 2.81. The van der Waals surface area contributed by atoms with Crippen molar-refractivity contribution in [2.45, 2.75) is 19.3 Å². The van der Waals surface area contributed by atoms with E-state index in [1.807, 2.05) is 21.9 Å². The number of nitrogens with zero attached hydrogens (tertiary/aromatic N) is 5. The standard InChI is InChI=1S/C22H26ClN5O2/c23-19-4-2-17(3-5-19)16-20(29)26-12-14-27(15-13-26)21(30)18-6-10-28(11-7-18)22-24-8-1-9-25-22/h1-5,8-9,18H,6-7,10-16H2. The third-order valence-electron chi connectivity index (χ3n) is 5.89. The first-order chi connectivity index (χ1) is 14.6. The van der Waals surface area contributed by atoms with Gasteiger partial charge in [-0.05, 0) is 36.6 Å². The smallest absolute Gasteiger partial charge is 0.227 e. The molecule has 2 aliphatic heterocycles. The molecule has 2 fully saturated rings. The summed E-state index contributed by atoms with van der Waals surface area (Å²) >= 11 is 5.90. The molecule has 0 unspecified atom stereocenters. The van der Waals surface area contributed by atoms with Crippen LogP contribution in [0.2, 0.25) is 5.02 Å². The lowest BCUT2D eigenvalue weighted by Crippen LogP contribution is -2.53. The molecular formula is C22H26ClN5O2.